The molecule has 0 unspecified atom stereocenters. The molecule has 2 N–H and O–H groups in total. The molecule has 2 aromatic rings. The smallest absolute Gasteiger partial charge is 0.339 e. The summed E-state index contributed by atoms with van der Waals surface area (Å²) in [6.07, 6.45) is 1.36. The summed E-state index contributed by atoms with van der Waals surface area (Å²) < 4.78 is 29.3. The van der Waals surface area contributed by atoms with Crippen LogP contribution in [-0.2, 0) is 9.84 Å². The number of ether oxygens (including phenoxy) is 1. The van der Waals surface area contributed by atoms with E-state index in [1.807, 2.05) is 6.92 Å². The van der Waals surface area contributed by atoms with Gasteiger partial charge in [-0.2, -0.15) is 0 Å². The summed E-state index contributed by atoms with van der Waals surface area (Å²) in [5.41, 5.74) is 0.629. The van der Waals surface area contributed by atoms with Crippen LogP contribution in [0.5, 0.6) is 5.75 Å². The topological polar surface area (TPSA) is 110 Å². The van der Waals surface area contributed by atoms with E-state index in [9.17, 15) is 18.0 Å². The van der Waals surface area contributed by atoms with Crippen molar-refractivity contribution in [2.75, 3.05) is 18.2 Å². The number of carboxylic acid groups (broad SMARTS) is 1. The van der Waals surface area contributed by atoms with E-state index in [0.29, 0.717) is 12.1 Å². The molecule has 144 valence electrons. The van der Waals surface area contributed by atoms with Crippen LogP contribution in [0.15, 0.2) is 47.4 Å². The molecular weight excluding hydrogens is 370 g/mol. The number of anilines is 1. The van der Waals surface area contributed by atoms with Gasteiger partial charge in [-0.3, -0.25) is 4.79 Å². The lowest BCUT2D eigenvalue weighted by atomic mass is 10.1. The van der Waals surface area contributed by atoms with E-state index in [0.717, 1.165) is 6.42 Å². The second kappa shape index (κ2) is 8.68. The normalized spacial score (nSPS) is 11.0. The Morgan fingerprint density at radius 3 is 2.33 bits per heavy atom. The van der Waals surface area contributed by atoms with Crippen molar-refractivity contribution in [3.8, 4) is 5.75 Å². The quantitative estimate of drug-likeness (QED) is 0.715. The summed E-state index contributed by atoms with van der Waals surface area (Å²) in [6, 6.07) is 9.90. The van der Waals surface area contributed by atoms with Crippen molar-refractivity contribution in [3.63, 3.8) is 0 Å². The molecular formula is C19H21NO6S. The van der Waals surface area contributed by atoms with Gasteiger partial charge in [0.15, 0.2) is 9.84 Å². The van der Waals surface area contributed by atoms with Gasteiger partial charge in [-0.1, -0.05) is 13.3 Å². The fraction of sp³-hybridized carbons (Fsp3) is 0.263. The molecule has 2 rings (SSSR count). The predicted molar refractivity (Wildman–Crippen MR) is 101 cm³/mol. The molecule has 0 aliphatic carbocycles. The third-order valence-electron chi connectivity index (χ3n) is 3.93. The number of carbonyl (C=O) groups is 2. The summed E-state index contributed by atoms with van der Waals surface area (Å²) in [5.74, 6) is -1.38. The molecule has 0 aliphatic heterocycles. The van der Waals surface area contributed by atoms with Crippen molar-refractivity contribution < 1.29 is 27.9 Å². The van der Waals surface area contributed by atoms with Gasteiger partial charge < -0.3 is 15.2 Å². The van der Waals surface area contributed by atoms with E-state index in [1.54, 1.807) is 0 Å². The molecule has 1 amide bonds. The van der Waals surface area contributed by atoms with E-state index in [2.05, 4.69) is 5.32 Å². The second-order valence-corrected chi connectivity index (χ2v) is 7.98. The Bertz CT molecular complexity index is 935. The minimum atomic E-state index is -3.35. The van der Waals surface area contributed by atoms with Crippen LogP contribution in [0, 0.1) is 0 Å². The summed E-state index contributed by atoms with van der Waals surface area (Å²) in [5, 5.41) is 11.7. The molecule has 0 saturated heterocycles. The van der Waals surface area contributed by atoms with E-state index in [4.69, 9.17) is 9.84 Å². The summed E-state index contributed by atoms with van der Waals surface area (Å²) >= 11 is 0. The minimum Gasteiger partial charge on any atom is -0.496 e. The Kier molecular flexibility index (Phi) is 6.57. The van der Waals surface area contributed by atoms with Crippen LogP contribution in [0.1, 0.15) is 40.5 Å². The number of sulfone groups is 1. The zero-order chi connectivity index (χ0) is 20.0. The highest BCUT2D eigenvalue weighted by Crippen LogP contribution is 2.24. The third kappa shape index (κ3) is 5.07. The van der Waals surface area contributed by atoms with Gasteiger partial charge in [0.2, 0.25) is 0 Å². The molecule has 0 aliphatic rings. The van der Waals surface area contributed by atoms with Crippen molar-refractivity contribution in [1.29, 1.82) is 0 Å². The first-order valence-electron chi connectivity index (χ1n) is 8.34. The first-order valence-corrected chi connectivity index (χ1v) is 9.99. The van der Waals surface area contributed by atoms with Crippen molar-refractivity contribution in [3.05, 3.63) is 53.6 Å². The van der Waals surface area contributed by atoms with E-state index >= 15 is 0 Å². The number of amides is 1. The van der Waals surface area contributed by atoms with Crippen molar-refractivity contribution in [1.82, 2.24) is 0 Å². The summed E-state index contributed by atoms with van der Waals surface area (Å²) in [4.78, 5) is 23.6. The van der Waals surface area contributed by atoms with Gasteiger partial charge >= 0.3 is 5.97 Å². The number of unbranched alkanes of at least 4 members (excludes halogenated alkanes) is 1. The molecule has 8 heteroatoms. The maximum Gasteiger partial charge on any atom is 0.339 e. The number of benzene rings is 2. The Labute approximate surface area is 157 Å². The maximum absolute atomic E-state index is 12.3. The van der Waals surface area contributed by atoms with Crippen LogP contribution >= 0.6 is 0 Å². The molecule has 0 spiro atoms. The fourth-order valence-corrected chi connectivity index (χ4v) is 3.87. The lowest BCUT2D eigenvalue weighted by Gasteiger charge is -2.10. The molecule has 0 saturated carbocycles. The SMILES string of the molecule is CCCCS(=O)(=O)c1ccc(C(=O)Nc2ccc(C(=O)O)c(OC)c2)cc1. The van der Waals surface area contributed by atoms with E-state index < -0.39 is 21.7 Å². The van der Waals surface area contributed by atoms with Crippen molar-refractivity contribution in [2.24, 2.45) is 0 Å². The number of hydrogen-bond acceptors (Lipinski definition) is 5. The number of nitrogens with one attached hydrogen (secondary N) is 1. The lowest BCUT2D eigenvalue weighted by molar-refractivity contribution is 0.0693. The van der Waals surface area contributed by atoms with Crippen LogP contribution < -0.4 is 10.1 Å². The Hall–Kier alpha value is -2.87. The van der Waals surface area contributed by atoms with Gasteiger partial charge in [0.05, 0.1) is 17.8 Å². The molecule has 0 atom stereocenters. The molecule has 7 nitrogen and oxygen atoms in total. The average molecular weight is 391 g/mol. The first kappa shape index (κ1) is 20.4. The number of aromatic carboxylic acids is 1. The van der Waals surface area contributed by atoms with Crippen LogP contribution in [0.2, 0.25) is 0 Å². The zero-order valence-corrected chi connectivity index (χ0v) is 15.9. The van der Waals surface area contributed by atoms with Gasteiger partial charge in [-0.25, -0.2) is 13.2 Å². The second-order valence-electron chi connectivity index (χ2n) is 5.87. The molecule has 0 radical (unpaired) electrons. The third-order valence-corrected chi connectivity index (χ3v) is 5.75. The summed E-state index contributed by atoms with van der Waals surface area (Å²) in [6.45, 7) is 1.92. The van der Waals surface area contributed by atoms with Gasteiger partial charge in [0, 0.05) is 17.3 Å². The average Bonchev–Trinajstić information content (AvgIpc) is 2.66. The molecule has 0 fully saturated rings. The predicted octanol–water partition coefficient (Wildman–Crippen LogP) is 3.22. The number of hydrogen-bond donors (Lipinski definition) is 2. The number of methoxy groups -OCH3 is 1. The largest absolute Gasteiger partial charge is 0.496 e. The van der Waals surface area contributed by atoms with Gasteiger partial charge in [0.25, 0.3) is 5.91 Å². The fourth-order valence-electron chi connectivity index (χ4n) is 2.41. The highest BCUT2D eigenvalue weighted by molar-refractivity contribution is 7.91. The zero-order valence-electron chi connectivity index (χ0n) is 15.1. The van der Waals surface area contributed by atoms with Crippen LogP contribution in [0.4, 0.5) is 5.69 Å². The maximum atomic E-state index is 12.3. The van der Waals surface area contributed by atoms with Crippen molar-refractivity contribution in [2.45, 2.75) is 24.7 Å². The van der Waals surface area contributed by atoms with Crippen LogP contribution in [-0.4, -0.2) is 38.3 Å². The first-order chi connectivity index (χ1) is 12.8. The van der Waals surface area contributed by atoms with E-state index in [-0.39, 0.29) is 27.5 Å². The van der Waals surface area contributed by atoms with E-state index in [1.165, 1.54) is 49.6 Å². The van der Waals surface area contributed by atoms with Gasteiger partial charge in [-0.05, 0) is 42.8 Å². The molecule has 2 aromatic carbocycles. The highest BCUT2D eigenvalue weighted by atomic mass is 32.2. The number of carbonyl (C=O) groups excluding carboxylic acids is 1. The Balaban J connectivity index is 2.16. The molecule has 0 heterocycles. The molecule has 0 aromatic heterocycles. The molecule has 0 bridgehead atoms. The Morgan fingerprint density at radius 2 is 1.78 bits per heavy atom. The standard InChI is InChI=1S/C19H21NO6S/c1-3-4-11-27(24,25)15-8-5-13(6-9-15)18(21)20-14-7-10-16(19(22)23)17(12-14)26-2/h5-10,12H,3-4,11H2,1-2H3,(H,20,21)(H,22,23). The van der Waals surface area contributed by atoms with Gasteiger partial charge in [-0.15, -0.1) is 0 Å². The lowest BCUT2D eigenvalue weighted by Crippen LogP contribution is -2.13. The molecule has 27 heavy (non-hydrogen) atoms. The monoisotopic (exact) mass is 391 g/mol. The number of carboxylic acids is 1. The highest BCUT2D eigenvalue weighted by Gasteiger charge is 2.16. The summed E-state index contributed by atoms with van der Waals surface area (Å²) in [7, 11) is -2.01. The minimum absolute atomic E-state index is 0.0165. The van der Waals surface area contributed by atoms with Crippen LogP contribution in [0.25, 0.3) is 0 Å². The van der Waals surface area contributed by atoms with Gasteiger partial charge in [0.1, 0.15) is 11.3 Å². The number of rotatable bonds is 8. The van der Waals surface area contributed by atoms with Crippen molar-refractivity contribution >= 4 is 27.4 Å². The Morgan fingerprint density at radius 1 is 1.11 bits per heavy atom. The van der Waals surface area contributed by atoms with Crippen LogP contribution in [0.3, 0.4) is 0 Å².